The van der Waals surface area contributed by atoms with Crippen LogP contribution in [0.2, 0.25) is 0 Å². The lowest BCUT2D eigenvalue weighted by molar-refractivity contribution is 0.0906. The SMILES string of the molecule is Nc1cc(C(=O)C2CCCCCC2)ccc1C(=O)N1CCCc2ccccc21. The fourth-order valence-corrected chi connectivity index (χ4v) is 4.58. The van der Waals surface area contributed by atoms with E-state index in [9.17, 15) is 9.59 Å². The number of hydrogen-bond donors (Lipinski definition) is 1. The Labute approximate surface area is 166 Å². The Morgan fingerprint density at radius 2 is 1.68 bits per heavy atom. The molecule has 28 heavy (non-hydrogen) atoms. The highest BCUT2D eigenvalue weighted by molar-refractivity contribution is 6.11. The van der Waals surface area contributed by atoms with Crippen molar-refractivity contribution in [2.45, 2.75) is 51.4 Å². The van der Waals surface area contributed by atoms with Gasteiger partial charge < -0.3 is 10.6 Å². The van der Waals surface area contributed by atoms with Crippen molar-refractivity contribution in [1.82, 2.24) is 0 Å². The van der Waals surface area contributed by atoms with Crippen molar-refractivity contribution >= 4 is 23.1 Å². The fourth-order valence-electron chi connectivity index (χ4n) is 4.58. The van der Waals surface area contributed by atoms with Gasteiger partial charge in [0.25, 0.3) is 5.91 Å². The molecule has 4 rings (SSSR count). The van der Waals surface area contributed by atoms with Crippen LogP contribution in [-0.4, -0.2) is 18.2 Å². The average Bonchev–Trinajstić information content (AvgIpc) is 3.02. The van der Waals surface area contributed by atoms with E-state index in [0.717, 1.165) is 44.2 Å². The Balaban J connectivity index is 1.57. The van der Waals surface area contributed by atoms with Crippen LogP contribution in [0.4, 0.5) is 11.4 Å². The summed E-state index contributed by atoms with van der Waals surface area (Å²) in [4.78, 5) is 27.9. The van der Waals surface area contributed by atoms with E-state index in [-0.39, 0.29) is 17.6 Å². The van der Waals surface area contributed by atoms with Crippen LogP contribution in [0, 0.1) is 5.92 Å². The molecule has 4 nitrogen and oxygen atoms in total. The van der Waals surface area contributed by atoms with Crippen molar-refractivity contribution in [1.29, 1.82) is 0 Å². The summed E-state index contributed by atoms with van der Waals surface area (Å²) in [7, 11) is 0. The number of Topliss-reactive ketones (excluding diaryl/α,β-unsaturated/α-hetero) is 1. The molecule has 0 aromatic heterocycles. The van der Waals surface area contributed by atoms with Gasteiger partial charge in [0.05, 0.1) is 5.56 Å². The van der Waals surface area contributed by atoms with Gasteiger partial charge in [0, 0.05) is 29.4 Å². The second kappa shape index (κ2) is 8.17. The molecule has 1 amide bonds. The lowest BCUT2D eigenvalue weighted by Gasteiger charge is -2.30. The van der Waals surface area contributed by atoms with E-state index in [1.807, 2.05) is 23.1 Å². The summed E-state index contributed by atoms with van der Waals surface area (Å²) in [6.45, 7) is 0.693. The Morgan fingerprint density at radius 1 is 0.929 bits per heavy atom. The van der Waals surface area contributed by atoms with Crippen LogP contribution in [0.15, 0.2) is 42.5 Å². The van der Waals surface area contributed by atoms with E-state index in [2.05, 4.69) is 6.07 Å². The predicted molar refractivity (Wildman–Crippen MR) is 113 cm³/mol. The molecule has 1 aliphatic heterocycles. The molecule has 2 N–H and O–H groups in total. The number of hydrogen-bond acceptors (Lipinski definition) is 3. The van der Waals surface area contributed by atoms with Crippen molar-refractivity contribution in [3.05, 3.63) is 59.2 Å². The summed E-state index contributed by atoms with van der Waals surface area (Å²) in [6, 6.07) is 13.3. The van der Waals surface area contributed by atoms with Gasteiger partial charge in [-0.15, -0.1) is 0 Å². The maximum Gasteiger partial charge on any atom is 0.260 e. The van der Waals surface area contributed by atoms with Gasteiger partial charge in [-0.05, 0) is 49.4 Å². The third-order valence-corrected chi connectivity index (χ3v) is 6.15. The van der Waals surface area contributed by atoms with Crippen molar-refractivity contribution in [2.75, 3.05) is 17.2 Å². The fraction of sp³-hybridized carbons (Fsp3) is 0.417. The molecule has 2 aromatic rings. The first-order chi connectivity index (χ1) is 13.6. The normalized spacial score (nSPS) is 17.6. The standard InChI is InChI=1S/C24H28N2O2/c25-21-16-19(23(27)18-9-3-1-2-4-10-18)13-14-20(21)24(28)26-15-7-11-17-8-5-6-12-22(17)26/h5-6,8,12-14,16,18H,1-4,7,9-11,15,25H2. The third-order valence-electron chi connectivity index (χ3n) is 6.15. The molecule has 146 valence electrons. The minimum absolute atomic E-state index is 0.0851. The molecule has 2 aromatic carbocycles. The minimum atomic E-state index is -0.0851. The summed E-state index contributed by atoms with van der Waals surface area (Å²) in [5, 5.41) is 0. The summed E-state index contributed by atoms with van der Waals surface area (Å²) >= 11 is 0. The van der Waals surface area contributed by atoms with E-state index in [1.54, 1.807) is 18.2 Å². The number of fused-ring (bicyclic) bond motifs is 1. The number of amides is 1. The highest BCUT2D eigenvalue weighted by atomic mass is 16.2. The first-order valence-corrected chi connectivity index (χ1v) is 10.5. The predicted octanol–water partition coefficient (Wildman–Crippen LogP) is 5.01. The van der Waals surface area contributed by atoms with Crippen molar-refractivity contribution < 1.29 is 9.59 Å². The molecule has 0 bridgehead atoms. The van der Waals surface area contributed by atoms with Gasteiger partial charge in [0.15, 0.2) is 5.78 Å². The number of carbonyl (C=O) groups is 2. The minimum Gasteiger partial charge on any atom is -0.398 e. The van der Waals surface area contributed by atoms with Crippen LogP contribution in [0.25, 0.3) is 0 Å². The lowest BCUT2D eigenvalue weighted by atomic mass is 9.90. The smallest absolute Gasteiger partial charge is 0.260 e. The number of benzene rings is 2. The third kappa shape index (κ3) is 3.68. The van der Waals surface area contributed by atoms with E-state index >= 15 is 0 Å². The molecular formula is C24H28N2O2. The van der Waals surface area contributed by atoms with Crippen LogP contribution in [0.5, 0.6) is 0 Å². The lowest BCUT2D eigenvalue weighted by Crippen LogP contribution is -2.35. The van der Waals surface area contributed by atoms with Gasteiger partial charge in [-0.2, -0.15) is 0 Å². The first-order valence-electron chi connectivity index (χ1n) is 10.5. The summed E-state index contributed by atoms with van der Waals surface area (Å²) in [6.07, 6.45) is 8.54. The Hall–Kier alpha value is -2.62. The molecule has 0 atom stereocenters. The van der Waals surface area contributed by atoms with Gasteiger partial charge in [-0.25, -0.2) is 0 Å². The number of aryl methyl sites for hydroxylation is 1. The Bertz CT molecular complexity index is 882. The van der Waals surface area contributed by atoms with Gasteiger partial charge >= 0.3 is 0 Å². The number of anilines is 2. The zero-order valence-electron chi connectivity index (χ0n) is 16.3. The van der Waals surface area contributed by atoms with Gasteiger partial charge in [0.1, 0.15) is 0 Å². The topological polar surface area (TPSA) is 63.4 Å². The maximum absolute atomic E-state index is 13.2. The largest absolute Gasteiger partial charge is 0.398 e. The number of carbonyl (C=O) groups excluding carboxylic acids is 2. The van der Waals surface area contributed by atoms with E-state index in [0.29, 0.717) is 23.4 Å². The van der Waals surface area contributed by atoms with Crippen LogP contribution >= 0.6 is 0 Å². The monoisotopic (exact) mass is 376 g/mol. The van der Waals surface area contributed by atoms with Crippen LogP contribution in [0.3, 0.4) is 0 Å². The molecule has 0 saturated heterocycles. The summed E-state index contributed by atoms with van der Waals surface area (Å²) < 4.78 is 0. The molecule has 1 aliphatic carbocycles. The average molecular weight is 377 g/mol. The molecule has 0 spiro atoms. The molecule has 1 fully saturated rings. The summed E-state index contributed by atoms with van der Waals surface area (Å²) in [5.74, 6) is 0.187. The zero-order chi connectivity index (χ0) is 19.5. The van der Waals surface area contributed by atoms with Crippen LogP contribution < -0.4 is 10.6 Å². The number of para-hydroxylation sites is 1. The van der Waals surface area contributed by atoms with Crippen LogP contribution in [-0.2, 0) is 6.42 Å². The molecule has 0 unspecified atom stereocenters. The number of nitrogen functional groups attached to an aromatic ring is 1. The molecular weight excluding hydrogens is 348 g/mol. The van der Waals surface area contributed by atoms with E-state index in [4.69, 9.17) is 5.73 Å². The molecule has 1 heterocycles. The summed E-state index contributed by atoms with van der Waals surface area (Å²) in [5.41, 5.74) is 9.93. The molecule has 2 aliphatic rings. The van der Waals surface area contributed by atoms with E-state index in [1.165, 1.54) is 18.4 Å². The number of nitrogens with two attached hydrogens (primary N) is 1. The van der Waals surface area contributed by atoms with Gasteiger partial charge in [-0.3, -0.25) is 9.59 Å². The Morgan fingerprint density at radius 3 is 2.43 bits per heavy atom. The number of rotatable bonds is 3. The maximum atomic E-state index is 13.2. The van der Waals surface area contributed by atoms with Gasteiger partial charge in [0.2, 0.25) is 0 Å². The van der Waals surface area contributed by atoms with Crippen molar-refractivity contribution in [3.8, 4) is 0 Å². The van der Waals surface area contributed by atoms with Gasteiger partial charge in [-0.1, -0.05) is 49.9 Å². The van der Waals surface area contributed by atoms with Crippen molar-refractivity contribution in [2.24, 2.45) is 5.92 Å². The molecule has 1 saturated carbocycles. The van der Waals surface area contributed by atoms with E-state index < -0.39 is 0 Å². The highest BCUT2D eigenvalue weighted by Crippen LogP contribution is 2.31. The first kappa shape index (κ1) is 18.7. The molecule has 4 heteroatoms. The second-order valence-corrected chi connectivity index (χ2v) is 8.04. The molecule has 0 radical (unpaired) electrons. The zero-order valence-corrected chi connectivity index (χ0v) is 16.3. The highest BCUT2D eigenvalue weighted by Gasteiger charge is 2.26. The Kier molecular flexibility index (Phi) is 5.47. The van der Waals surface area contributed by atoms with Crippen LogP contribution in [0.1, 0.15) is 71.2 Å². The number of nitrogens with zero attached hydrogens (tertiary/aromatic N) is 1. The second-order valence-electron chi connectivity index (χ2n) is 8.04. The van der Waals surface area contributed by atoms with Crippen molar-refractivity contribution in [3.63, 3.8) is 0 Å². The quantitative estimate of drug-likeness (QED) is 0.465. The number of ketones is 1.